The summed E-state index contributed by atoms with van der Waals surface area (Å²) < 4.78 is 6.63. The van der Waals surface area contributed by atoms with Crippen LogP contribution in [0.2, 0.25) is 0 Å². The van der Waals surface area contributed by atoms with Gasteiger partial charge in [-0.2, -0.15) is 0 Å². The molecule has 2 aromatic rings. The summed E-state index contributed by atoms with van der Waals surface area (Å²) in [6.45, 7) is 1.19. The van der Waals surface area contributed by atoms with E-state index in [0.717, 1.165) is 0 Å². The highest BCUT2D eigenvalue weighted by molar-refractivity contribution is 5.47. The number of hydrogen-bond donors (Lipinski definition) is 2. The minimum absolute atomic E-state index is 0.172. The average Bonchev–Trinajstić information content (AvgIpc) is 2.82. The minimum Gasteiger partial charge on any atom is -0.489 e. The molecule has 0 aliphatic heterocycles. The summed E-state index contributed by atoms with van der Waals surface area (Å²) in [5.74, 6) is 0.586. The van der Waals surface area contributed by atoms with E-state index in [9.17, 15) is 4.79 Å². The third-order valence-corrected chi connectivity index (χ3v) is 2.12. The zero-order valence-corrected chi connectivity index (χ0v) is 9.25. The predicted octanol–water partition coefficient (Wildman–Crippen LogP) is -0.518. The lowest BCUT2D eigenvalue weighted by Gasteiger charge is -2.08. The lowest BCUT2D eigenvalue weighted by atomic mass is 10.5. The van der Waals surface area contributed by atoms with E-state index in [-0.39, 0.29) is 11.3 Å². The second kappa shape index (κ2) is 5.10. The Kier molecular flexibility index (Phi) is 3.34. The van der Waals surface area contributed by atoms with E-state index in [2.05, 4.69) is 25.6 Å². The molecule has 2 N–H and O–H groups in total. The Morgan fingerprint density at radius 2 is 2.47 bits per heavy atom. The van der Waals surface area contributed by atoms with Crippen molar-refractivity contribution in [2.24, 2.45) is 0 Å². The molecule has 8 nitrogen and oxygen atoms in total. The lowest BCUT2D eigenvalue weighted by molar-refractivity contribution is 0.408. The largest absolute Gasteiger partial charge is 0.489 e. The number of nitrogens with zero attached hydrogens (tertiary/aromatic N) is 4. The minimum atomic E-state index is -0.314. The average molecular weight is 236 g/mol. The summed E-state index contributed by atoms with van der Waals surface area (Å²) in [7, 11) is 1.43. The van der Waals surface area contributed by atoms with Gasteiger partial charge in [-0.3, -0.25) is 9.48 Å². The van der Waals surface area contributed by atoms with Crippen molar-refractivity contribution in [1.82, 2.24) is 25.0 Å². The summed E-state index contributed by atoms with van der Waals surface area (Å²) in [5, 5.41) is 10.5. The molecular formula is C9H12N6O2. The van der Waals surface area contributed by atoms with Gasteiger partial charge in [0.05, 0.1) is 26.2 Å². The van der Waals surface area contributed by atoms with Gasteiger partial charge in [-0.05, 0) is 0 Å². The van der Waals surface area contributed by atoms with E-state index in [1.54, 1.807) is 17.1 Å². The Hall–Kier alpha value is -2.38. The SMILES string of the molecule is COc1c(NCCn2ccnn2)nc[nH]c1=O. The molecule has 2 aromatic heterocycles. The molecule has 0 saturated carbocycles. The molecule has 0 unspecified atom stereocenters. The number of hydrogen-bond acceptors (Lipinski definition) is 6. The molecule has 0 atom stereocenters. The smallest absolute Gasteiger partial charge is 0.295 e. The first-order chi connectivity index (χ1) is 8.31. The van der Waals surface area contributed by atoms with Crippen molar-refractivity contribution in [2.45, 2.75) is 6.54 Å². The summed E-state index contributed by atoms with van der Waals surface area (Å²) >= 11 is 0. The van der Waals surface area contributed by atoms with Gasteiger partial charge in [-0.15, -0.1) is 5.10 Å². The summed E-state index contributed by atoms with van der Waals surface area (Å²) in [4.78, 5) is 17.8. The Morgan fingerprint density at radius 1 is 1.59 bits per heavy atom. The van der Waals surface area contributed by atoms with E-state index < -0.39 is 0 Å². The maximum absolute atomic E-state index is 11.4. The number of anilines is 1. The number of aromatic nitrogens is 5. The highest BCUT2D eigenvalue weighted by Crippen LogP contribution is 2.13. The fourth-order valence-corrected chi connectivity index (χ4v) is 1.34. The molecule has 0 amide bonds. The van der Waals surface area contributed by atoms with Gasteiger partial charge >= 0.3 is 0 Å². The van der Waals surface area contributed by atoms with Crippen molar-refractivity contribution in [2.75, 3.05) is 19.0 Å². The molecule has 2 rings (SSSR count). The van der Waals surface area contributed by atoms with Gasteiger partial charge in [0, 0.05) is 12.7 Å². The maximum atomic E-state index is 11.4. The maximum Gasteiger partial charge on any atom is 0.295 e. The number of rotatable bonds is 5. The molecule has 0 aliphatic carbocycles. The molecule has 0 fully saturated rings. The fourth-order valence-electron chi connectivity index (χ4n) is 1.34. The van der Waals surface area contributed by atoms with Crippen LogP contribution in [0.25, 0.3) is 0 Å². The Labute approximate surface area is 96.6 Å². The molecule has 90 valence electrons. The van der Waals surface area contributed by atoms with Crippen LogP contribution in [0.5, 0.6) is 5.75 Å². The standard InChI is InChI=1S/C9H12N6O2/c1-17-7-8(11-6-12-9(7)16)10-2-4-15-5-3-13-14-15/h3,5-6H,2,4H2,1H3,(H2,10,11,12,16). The van der Waals surface area contributed by atoms with Crippen LogP contribution in [-0.2, 0) is 6.54 Å². The molecular weight excluding hydrogens is 224 g/mol. The van der Waals surface area contributed by atoms with Crippen molar-refractivity contribution in [1.29, 1.82) is 0 Å². The number of nitrogens with one attached hydrogen (secondary N) is 2. The first kappa shape index (κ1) is 11.1. The topological polar surface area (TPSA) is 97.7 Å². The van der Waals surface area contributed by atoms with E-state index in [0.29, 0.717) is 18.9 Å². The third-order valence-electron chi connectivity index (χ3n) is 2.12. The van der Waals surface area contributed by atoms with Crippen molar-refractivity contribution in [3.8, 4) is 5.75 Å². The fraction of sp³-hybridized carbons (Fsp3) is 0.333. The van der Waals surface area contributed by atoms with Crippen LogP contribution < -0.4 is 15.6 Å². The van der Waals surface area contributed by atoms with Gasteiger partial charge in [0.15, 0.2) is 5.82 Å². The zero-order valence-electron chi connectivity index (χ0n) is 9.25. The Bertz CT molecular complexity index is 521. The first-order valence-corrected chi connectivity index (χ1v) is 5.01. The van der Waals surface area contributed by atoms with Crippen molar-refractivity contribution >= 4 is 5.82 Å². The van der Waals surface area contributed by atoms with E-state index in [1.807, 2.05) is 0 Å². The zero-order chi connectivity index (χ0) is 12.1. The van der Waals surface area contributed by atoms with Gasteiger partial charge in [0.2, 0.25) is 5.75 Å². The van der Waals surface area contributed by atoms with Crippen LogP contribution in [0.4, 0.5) is 5.82 Å². The molecule has 0 spiro atoms. The second-order valence-corrected chi connectivity index (χ2v) is 3.21. The highest BCUT2D eigenvalue weighted by Gasteiger charge is 2.07. The van der Waals surface area contributed by atoms with E-state index in [1.165, 1.54) is 13.4 Å². The molecule has 0 radical (unpaired) electrons. The van der Waals surface area contributed by atoms with Gasteiger partial charge in [0.25, 0.3) is 5.56 Å². The summed E-state index contributed by atoms with van der Waals surface area (Å²) in [6, 6.07) is 0. The van der Waals surface area contributed by atoms with Gasteiger partial charge in [-0.1, -0.05) is 5.21 Å². The number of aromatic amines is 1. The van der Waals surface area contributed by atoms with Crippen LogP contribution in [0.15, 0.2) is 23.5 Å². The van der Waals surface area contributed by atoms with Gasteiger partial charge in [-0.25, -0.2) is 4.98 Å². The van der Waals surface area contributed by atoms with Crippen LogP contribution in [0.1, 0.15) is 0 Å². The Balaban J connectivity index is 1.99. The highest BCUT2D eigenvalue weighted by atomic mass is 16.5. The third kappa shape index (κ3) is 2.60. The molecule has 0 aliphatic rings. The van der Waals surface area contributed by atoms with Crippen LogP contribution in [-0.4, -0.2) is 38.6 Å². The van der Waals surface area contributed by atoms with Crippen molar-refractivity contribution in [3.63, 3.8) is 0 Å². The van der Waals surface area contributed by atoms with Gasteiger partial charge in [0.1, 0.15) is 0 Å². The summed E-state index contributed by atoms with van der Waals surface area (Å²) in [6.07, 6.45) is 4.68. The van der Waals surface area contributed by atoms with Crippen LogP contribution >= 0.6 is 0 Å². The first-order valence-electron chi connectivity index (χ1n) is 5.01. The number of methoxy groups -OCH3 is 1. The normalized spacial score (nSPS) is 10.2. The molecule has 0 saturated heterocycles. The molecule has 8 heteroatoms. The lowest BCUT2D eigenvalue weighted by Crippen LogP contribution is -2.17. The van der Waals surface area contributed by atoms with Gasteiger partial charge < -0.3 is 15.0 Å². The van der Waals surface area contributed by atoms with E-state index in [4.69, 9.17) is 4.74 Å². The molecule has 17 heavy (non-hydrogen) atoms. The van der Waals surface area contributed by atoms with Crippen LogP contribution in [0.3, 0.4) is 0 Å². The molecule has 2 heterocycles. The van der Waals surface area contributed by atoms with Crippen molar-refractivity contribution in [3.05, 3.63) is 29.1 Å². The quantitative estimate of drug-likeness (QED) is 0.725. The van der Waals surface area contributed by atoms with Crippen molar-refractivity contribution < 1.29 is 4.74 Å². The molecule has 0 bridgehead atoms. The van der Waals surface area contributed by atoms with Crippen LogP contribution in [0, 0.1) is 0 Å². The second-order valence-electron chi connectivity index (χ2n) is 3.21. The van der Waals surface area contributed by atoms with E-state index >= 15 is 0 Å². The Morgan fingerprint density at radius 3 is 3.18 bits per heavy atom. The monoisotopic (exact) mass is 236 g/mol. The number of H-pyrrole nitrogens is 1. The molecule has 0 aromatic carbocycles. The predicted molar refractivity (Wildman–Crippen MR) is 59.9 cm³/mol. The summed E-state index contributed by atoms with van der Waals surface area (Å²) in [5.41, 5.74) is -0.314. The number of ether oxygens (including phenoxy) is 1.